The highest BCUT2D eigenvalue weighted by Crippen LogP contribution is 1.79. The topological polar surface area (TPSA) is 41.5 Å². The van der Waals surface area contributed by atoms with Crippen LogP contribution < -0.4 is 5.32 Å². The standard InChI is InChI=1S/C7H14N2O/c1-3-8-6-5-7(10)9-4-2/h3H,4-6H2,1-2H3,(H,9,10). The van der Waals surface area contributed by atoms with E-state index in [9.17, 15) is 4.79 Å². The minimum atomic E-state index is 0.0769. The van der Waals surface area contributed by atoms with E-state index in [1.54, 1.807) is 6.21 Å². The lowest BCUT2D eigenvalue weighted by Crippen LogP contribution is -2.22. The van der Waals surface area contributed by atoms with Crippen LogP contribution in [0.3, 0.4) is 0 Å². The van der Waals surface area contributed by atoms with E-state index >= 15 is 0 Å². The molecule has 0 rings (SSSR count). The van der Waals surface area contributed by atoms with Gasteiger partial charge in [0.05, 0.1) is 0 Å². The quantitative estimate of drug-likeness (QED) is 0.574. The van der Waals surface area contributed by atoms with Crippen LogP contribution in [0.2, 0.25) is 0 Å². The normalized spacial score (nSPS) is 10.2. The van der Waals surface area contributed by atoms with Crippen molar-refractivity contribution in [2.45, 2.75) is 20.3 Å². The van der Waals surface area contributed by atoms with E-state index in [0.717, 1.165) is 0 Å². The van der Waals surface area contributed by atoms with E-state index in [-0.39, 0.29) is 5.91 Å². The highest BCUT2D eigenvalue weighted by molar-refractivity contribution is 5.76. The molecule has 3 nitrogen and oxygen atoms in total. The van der Waals surface area contributed by atoms with Crippen molar-refractivity contribution in [3.63, 3.8) is 0 Å². The molecule has 0 aliphatic carbocycles. The summed E-state index contributed by atoms with van der Waals surface area (Å²) in [6.45, 7) is 5.05. The molecule has 0 aromatic heterocycles. The number of nitrogens with one attached hydrogen (secondary N) is 1. The van der Waals surface area contributed by atoms with E-state index in [1.165, 1.54) is 0 Å². The third-order valence-corrected chi connectivity index (χ3v) is 1.02. The number of nitrogens with zero attached hydrogens (tertiary/aromatic N) is 1. The van der Waals surface area contributed by atoms with Crippen molar-refractivity contribution in [1.82, 2.24) is 5.32 Å². The van der Waals surface area contributed by atoms with Gasteiger partial charge in [-0.05, 0) is 20.1 Å². The van der Waals surface area contributed by atoms with Crippen molar-refractivity contribution in [3.05, 3.63) is 0 Å². The molecule has 0 bridgehead atoms. The first-order valence-corrected chi connectivity index (χ1v) is 3.52. The Kier molecular flexibility index (Phi) is 5.72. The van der Waals surface area contributed by atoms with Gasteiger partial charge in [0.1, 0.15) is 0 Å². The molecule has 58 valence electrons. The molecule has 0 unspecified atom stereocenters. The number of hydrogen-bond donors (Lipinski definition) is 1. The van der Waals surface area contributed by atoms with Crippen LogP contribution in [-0.2, 0) is 4.79 Å². The average Bonchev–Trinajstić information content (AvgIpc) is 1.89. The predicted molar refractivity (Wildman–Crippen MR) is 42.3 cm³/mol. The summed E-state index contributed by atoms with van der Waals surface area (Å²) in [5.74, 6) is 0.0769. The fourth-order valence-electron chi connectivity index (χ4n) is 0.581. The summed E-state index contributed by atoms with van der Waals surface area (Å²) in [6.07, 6.45) is 2.21. The molecular formula is C7H14N2O. The molecule has 0 spiro atoms. The van der Waals surface area contributed by atoms with E-state index in [4.69, 9.17) is 0 Å². The molecule has 0 aliphatic rings. The molecule has 0 saturated carbocycles. The van der Waals surface area contributed by atoms with E-state index < -0.39 is 0 Å². The minimum Gasteiger partial charge on any atom is -0.356 e. The summed E-state index contributed by atoms with van der Waals surface area (Å²) in [4.78, 5) is 14.6. The van der Waals surface area contributed by atoms with Gasteiger partial charge in [-0.1, -0.05) is 0 Å². The summed E-state index contributed by atoms with van der Waals surface area (Å²) in [5, 5.41) is 2.69. The Morgan fingerprint density at radius 3 is 2.90 bits per heavy atom. The van der Waals surface area contributed by atoms with Crippen LogP contribution in [0.4, 0.5) is 0 Å². The largest absolute Gasteiger partial charge is 0.356 e. The Labute approximate surface area is 61.5 Å². The Hall–Kier alpha value is -0.860. The molecule has 0 heterocycles. The van der Waals surface area contributed by atoms with Crippen LogP contribution in [0.1, 0.15) is 20.3 Å². The molecule has 1 N–H and O–H groups in total. The Balaban J connectivity index is 3.21. The lowest BCUT2D eigenvalue weighted by Gasteiger charge is -1.97. The molecule has 0 aliphatic heterocycles. The van der Waals surface area contributed by atoms with Gasteiger partial charge in [-0.2, -0.15) is 0 Å². The number of hydrogen-bond acceptors (Lipinski definition) is 2. The van der Waals surface area contributed by atoms with Gasteiger partial charge in [-0.3, -0.25) is 9.79 Å². The molecule has 0 aromatic rings. The molecule has 0 fully saturated rings. The van der Waals surface area contributed by atoms with Crippen molar-refractivity contribution in [3.8, 4) is 0 Å². The van der Waals surface area contributed by atoms with E-state index in [0.29, 0.717) is 19.5 Å². The van der Waals surface area contributed by atoms with E-state index in [1.807, 2.05) is 13.8 Å². The van der Waals surface area contributed by atoms with Gasteiger partial charge in [-0.25, -0.2) is 0 Å². The zero-order chi connectivity index (χ0) is 7.82. The number of carbonyl (C=O) groups is 1. The Morgan fingerprint density at radius 1 is 1.70 bits per heavy atom. The smallest absolute Gasteiger partial charge is 0.221 e. The first-order chi connectivity index (χ1) is 4.81. The highest BCUT2D eigenvalue weighted by Gasteiger charge is 1.94. The number of rotatable bonds is 4. The third-order valence-electron chi connectivity index (χ3n) is 1.02. The molecule has 10 heavy (non-hydrogen) atoms. The summed E-state index contributed by atoms with van der Waals surface area (Å²) in [7, 11) is 0. The van der Waals surface area contributed by atoms with E-state index in [2.05, 4.69) is 10.3 Å². The second-order valence-electron chi connectivity index (χ2n) is 1.87. The summed E-state index contributed by atoms with van der Waals surface area (Å²) in [6, 6.07) is 0. The van der Waals surface area contributed by atoms with Crippen LogP contribution in [0.5, 0.6) is 0 Å². The lowest BCUT2D eigenvalue weighted by molar-refractivity contribution is -0.120. The van der Waals surface area contributed by atoms with Crippen LogP contribution in [0.25, 0.3) is 0 Å². The van der Waals surface area contributed by atoms with Crippen molar-refractivity contribution in [2.24, 2.45) is 4.99 Å². The number of aliphatic imine (C=N–C) groups is 1. The maximum atomic E-state index is 10.7. The molecule has 0 radical (unpaired) electrons. The SMILES string of the molecule is CC=NCCC(=O)NCC. The Morgan fingerprint density at radius 2 is 2.40 bits per heavy atom. The van der Waals surface area contributed by atoms with Crippen molar-refractivity contribution >= 4 is 12.1 Å². The van der Waals surface area contributed by atoms with Gasteiger partial charge < -0.3 is 5.32 Å². The van der Waals surface area contributed by atoms with Crippen molar-refractivity contribution in [1.29, 1.82) is 0 Å². The molecule has 0 atom stereocenters. The second-order valence-corrected chi connectivity index (χ2v) is 1.87. The third kappa shape index (κ3) is 5.28. The molecule has 0 aromatic carbocycles. The van der Waals surface area contributed by atoms with Gasteiger partial charge >= 0.3 is 0 Å². The monoisotopic (exact) mass is 142 g/mol. The van der Waals surface area contributed by atoms with Gasteiger partial charge in [0.15, 0.2) is 0 Å². The predicted octanol–water partition coefficient (Wildman–Crippen LogP) is 0.603. The molecule has 1 amide bonds. The number of carbonyl (C=O) groups excluding carboxylic acids is 1. The maximum absolute atomic E-state index is 10.7. The van der Waals surface area contributed by atoms with Crippen molar-refractivity contribution in [2.75, 3.05) is 13.1 Å². The second kappa shape index (κ2) is 6.26. The van der Waals surface area contributed by atoms with Crippen molar-refractivity contribution < 1.29 is 4.79 Å². The van der Waals surface area contributed by atoms with Crippen LogP contribution in [0, 0.1) is 0 Å². The lowest BCUT2D eigenvalue weighted by atomic mass is 10.4. The summed E-state index contributed by atoms with van der Waals surface area (Å²) < 4.78 is 0. The minimum absolute atomic E-state index is 0.0769. The molecule has 0 saturated heterocycles. The Bertz CT molecular complexity index is 121. The maximum Gasteiger partial charge on any atom is 0.221 e. The molecule has 3 heteroatoms. The summed E-state index contributed by atoms with van der Waals surface area (Å²) >= 11 is 0. The van der Waals surface area contributed by atoms with Crippen LogP contribution in [0.15, 0.2) is 4.99 Å². The van der Waals surface area contributed by atoms with Gasteiger partial charge in [-0.15, -0.1) is 0 Å². The van der Waals surface area contributed by atoms with Crippen LogP contribution >= 0.6 is 0 Å². The zero-order valence-electron chi connectivity index (χ0n) is 6.55. The first kappa shape index (κ1) is 9.14. The average molecular weight is 142 g/mol. The summed E-state index contributed by atoms with van der Waals surface area (Å²) in [5.41, 5.74) is 0. The van der Waals surface area contributed by atoms with Gasteiger partial charge in [0.2, 0.25) is 5.91 Å². The first-order valence-electron chi connectivity index (χ1n) is 3.52. The van der Waals surface area contributed by atoms with Gasteiger partial charge in [0, 0.05) is 19.5 Å². The fourth-order valence-corrected chi connectivity index (χ4v) is 0.581. The zero-order valence-corrected chi connectivity index (χ0v) is 6.55. The van der Waals surface area contributed by atoms with Gasteiger partial charge in [0.25, 0.3) is 0 Å². The number of amides is 1. The molecular weight excluding hydrogens is 128 g/mol. The highest BCUT2D eigenvalue weighted by atomic mass is 16.1. The fraction of sp³-hybridized carbons (Fsp3) is 0.714. The van der Waals surface area contributed by atoms with Crippen LogP contribution in [-0.4, -0.2) is 25.2 Å².